The van der Waals surface area contributed by atoms with E-state index in [0.29, 0.717) is 30.9 Å². The molecule has 1 heterocycles. The van der Waals surface area contributed by atoms with E-state index >= 15 is 0 Å². The highest BCUT2D eigenvalue weighted by Gasteiger charge is 2.39. The molecule has 0 unspecified atom stereocenters. The predicted octanol–water partition coefficient (Wildman–Crippen LogP) is 1.88. The molecule has 1 aromatic carbocycles. The highest BCUT2D eigenvalue weighted by molar-refractivity contribution is 5.81. The van der Waals surface area contributed by atoms with Crippen LogP contribution in [-0.4, -0.2) is 42.1 Å². The highest BCUT2D eigenvalue weighted by Crippen LogP contribution is 2.37. The van der Waals surface area contributed by atoms with E-state index in [2.05, 4.69) is 17.1 Å². The topological polar surface area (TPSA) is 52.6 Å². The summed E-state index contributed by atoms with van der Waals surface area (Å²) in [6, 6.07) is 6.25. The number of rotatable bonds is 5. The third-order valence-corrected chi connectivity index (χ3v) is 5.22. The van der Waals surface area contributed by atoms with Gasteiger partial charge in [-0.1, -0.05) is 19.1 Å². The normalized spacial score (nSPS) is 26.7. The first-order chi connectivity index (χ1) is 11.0. The molecule has 23 heavy (non-hydrogen) atoms. The standard InChI is InChI=1S/C18H25FN2O2/c1-13-11-16(13)17(22)20-7-10-21-8-5-18(23,6-9-21)14-3-2-4-15(19)12-14/h2-4,12-13,16,23H,5-11H2,1H3,(H,20,22)/t13-,16-/m0/s1. The van der Waals surface area contributed by atoms with Crippen LogP contribution in [0.1, 0.15) is 31.7 Å². The molecular weight excluding hydrogens is 295 g/mol. The van der Waals surface area contributed by atoms with Crippen molar-refractivity contribution < 1.29 is 14.3 Å². The van der Waals surface area contributed by atoms with Crippen LogP contribution in [0.4, 0.5) is 4.39 Å². The molecule has 4 nitrogen and oxygen atoms in total. The number of nitrogens with one attached hydrogen (secondary N) is 1. The van der Waals surface area contributed by atoms with Crippen molar-refractivity contribution in [2.75, 3.05) is 26.2 Å². The fourth-order valence-electron chi connectivity index (χ4n) is 3.37. The molecule has 3 rings (SSSR count). The smallest absolute Gasteiger partial charge is 0.223 e. The number of hydrogen-bond acceptors (Lipinski definition) is 3. The number of aliphatic hydroxyl groups is 1. The Balaban J connectivity index is 1.44. The number of likely N-dealkylation sites (tertiary alicyclic amines) is 1. The fraction of sp³-hybridized carbons (Fsp3) is 0.611. The SMILES string of the molecule is C[C@H]1C[C@@H]1C(=O)NCCN1CCC(O)(c2cccc(F)c2)CC1. The van der Waals surface area contributed by atoms with Gasteiger partial charge in [-0.15, -0.1) is 0 Å². The van der Waals surface area contributed by atoms with Crippen LogP contribution < -0.4 is 5.32 Å². The number of hydrogen-bond donors (Lipinski definition) is 2. The number of carbonyl (C=O) groups excluding carboxylic acids is 1. The van der Waals surface area contributed by atoms with Crippen LogP contribution in [0.25, 0.3) is 0 Å². The zero-order valence-electron chi connectivity index (χ0n) is 13.6. The number of carbonyl (C=O) groups is 1. The summed E-state index contributed by atoms with van der Waals surface area (Å²) in [5.41, 5.74) is -0.279. The summed E-state index contributed by atoms with van der Waals surface area (Å²) in [4.78, 5) is 14.0. The summed E-state index contributed by atoms with van der Waals surface area (Å²) >= 11 is 0. The van der Waals surface area contributed by atoms with Gasteiger partial charge < -0.3 is 15.3 Å². The minimum Gasteiger partial charge on any atom is -0.385 e. The van der Waals surface area contributed by atoms with Crippen molar-refractivity contribution in [2.24, 2.45) is 11.8 Å². The van der Waals surface area contributed by atoms with Gasteiger partial charge in [0.05, 0.1) is 5.60 Å². The van der Waals surface area contributed by atoms with Crippen molar-refractivity contribution in [3.8, 4) is 0 Å². The molecule has 2 N–H and O–H groups in total. The Morgan fingerprint density at radius 3 is 2.74 bits per heavy atom. The molecule has 2 fully saturated rings. The van der Waals surface area contributed by atoms with Crippen molar-refractivity contribution in [3.63, 3.8) is 0 Å². The van der Waals surface area contributed by atoms with Crippen LogP contribution in [0.15, 0.2) is 24.3 Å². The lowest BCUT2D eigenvalue weighted by Crippen LogP contribution is -2.45. The first-order valence-electron chi connectivity index (χ1n) is 8.46. The third-order valence-electron chi connectivity index (χ3n) is 5.22. The molecule has 0 radical (unpaired) electrons. The van der Waals surface area contributed by atoms with Crippen LogP contribution in [0.5, 0.6) is 0 Å². The lowest BCUT2D eigenvalue weighted by Gasteiger charge is -2.38. The Labute approximate surface area is 136 Å². The Kier molecular flexibility index (Phi) is 4.69. The van der Waals surface area contributed by atoms with E-state index in [4.69, 9.17) is 0 Å². The summed E-state index contributed by atoms with van der Waals surface area (Å²) in [6.07, 6.45) is 2.18. The van der Waals surface area contributed by atoms with Crippen molar-refractivity contribution in [3.05, 3.63) is 35.6 Å². The summed E-state index contributed by atoms with van der Waals surface area (Å²) in [6.45, 7) is 5.06. The van der Waals surface area contributed by atoms with Crippen LogP contribution >= 0.6 is 0 Å². The summed E-state index contributed by atoms with van der Waals surface area (Å²) in [5, 5.41) is 13.7. The van der Waals surface area contributed by atoms with Gasteiger partial charge in [0.25, 0.3) is 0 Å². The monoisotopic (exact) mass is 320 g/mol. The molecule has 1 aliphatic carbocycles. The number of nitrogens with zero attached hydrogens (tertiary/aromatic N) is 1. The maximum Gasteiger partial charge on any atom is 0.223 e. The molecule has 1 aromatic rings. The largest absolute Gasteiger partial charge is 0.385 e. The van der Waals surface area contributed by atoms with E-state index in [1.54, 1.807) is 12.1 Å². The molecule has 0 bridgehead atoms. The van der Waals surface area contributed by atoms with Gasteiger partial charge in [0.15, 0.2) is 0 Å². The molecule has 5 heteroatoms. The molecule has 1 aliphatic heterocycles. The van der Waals surface area contributed by atoms with Crippen LogP contribution in [0.3, 0.4) is 0 Å². The minimum atomic E-state index is -0.939. The van der Waals surface area contributed by atoms with Crippen molar-refractivity contribution in [1.82, 2.24) is 10.2 Å². The molecule has 0 aromatic heterocycles. The Bertz CT molecular complexity index is 570. The van der Waals surface area contributed by atoms with Crippen LogP contribution in [-0.2, 0) is 10.4 Å². The third kappa shape index (κ3) is 3.90. The van der Waals surface area contributed by atoms with Crippen LogP contribution in [0.2, 0.25) is 0 Å². The molecule has 2 aliphatic rings. The first kappa shape index (κ1) is 16.4. The fourth-order valence-corrected chi connectivity index (χ4v) is 3.37. The van der Waals surface area contributed by atoms with Gasteiger partial charge in [-0.05, 0) is 42.9 Å². The Morgan fingerprint density at radius 2 is 2.13 bits per heavy atom. The highest BCUT2D eigenvalue weighted by atomic mass is 19.1. The van der Waals surface area contributed by atoms with Gasteiger partial charge >= 0.3 is 0 Å². The molecule has 1 saturated carbocycles. The van der Waals surface area contributed by atoms with Crippen LogP contribution in [0, 0.1) is 17.7 Å². The Morgan fingerprint density at radius 1 is 1.43 bits per heavy atom. The second-order valence-electron chi connectivity index (χ2n) is 6.99. The number of amides is 1. The zero-order chi connectivity index (χ0) is 16.4. The lowest BCUT2D eigenvalue weighted by atomic mass is 9.84. The van der Waals surface area contributed by atoms with Gasteiger partial charge in [-0.2, -0.15) is 0 Å². The van der Waals surface area contributed by atoms with E-state index in [9.17, 15) is 14.3 Å². The molecule has 126 valence electrons. The average molecular weight is 320 g/mol. The molecule has 1 amide bonds. The maximum atomic E-state index is 13.3. The summed E-state index contributed by atoms with van der Waals surface area (Å²) in [5.74, 6) is 0.613. The quantitative estimate of drug-likeness (QED) is 0.871. The Hall–Kier alpha value is -1.46. The second kappa shape index (κ2) is 6.57. The van der Waals surface area contributed by atoms with Gasteiger partial charge in [-0.25, -0.2) is 4.39 Å². The molecule has 2 atom stereocenters. The summed E-state index contributed by atoms with van der Waals surface area (Å²) < 4.78 is 13.3. The van der Waals surface area contributed by atoms with Gasteiger partial charge in [0, 0.05) is 32.1 Å². The van der Waals surface area contributed by atoms with Crippen molar-refractivity contribution in [2.45, 2.75) is 31.8 Å². The first-order valence-corrected chi connectivity index (χ1v) is 8.46. The maximum absolute atomic E-state index is 13.3. The van der Waals surface area contributed by atoms with Crippen molar-refractivity contribution >= 4 is 5.91 Å². The van der Waals surface area contributed by atoms with E-state index in [0.717, 1.165) is 26.1 Å². The van der Waals surface area contributed by atoms with Gasteiger partial charge in [-0.3, -0.25) is 4.79 Å². The van der Waals surface area contributed by atoms with Crippen molar-refractivity contribution in [1.29, 1.82) is 0 Å². The average Bonchev–Trinajstić information content (AvgIpc) is 3.26. The summed E-state index contributed by atoms with van der Waals surface area (Å²) in [7, 11) is 0. The van der Waals surface area contributed by atoms with Gasteiger partial charge in [0.2, 0.25) is 5.91 Å². The number of piperidine rings is 1. The molecule has 0 spiro atoms. The van der Waals surface area contributed by atoms with E-state index < -0.39 is 5.60 Å². The lowest BCUT2D eigenvalue weighted by molar-refractivity contribution is -0.122. The second-order valence-corrected chi connectivity index (χ2v) is 6.99. The number of benzene rings is 1. The molecule has 1 saturated heterocycles. The van der Waals surface area contributed by atoms with E-state index in [-0.39, 0.29) is 17.6 Å². The van der Waals surface area contributed by atoms with E-state index in [1.807, 2.05) is 0 Å². The van der Waals surface area contributed by atoms with Gasteiger partial charge in [0.1, 0.15) is 5.82 Å². The predicted molar refractivity (Wildman–Crippen MR) is 86.3 cm³/mol. The molecular formula is C18H25FN2O2. The van der Waals surface area contributed by atoms with E-state index in [1.165, 1.54) is 12.1 Å². The minimum absolute atomic E-state index is 0.172. The number of halogens is 1. The zero-order valence-corrected chi connectivity index (χ0v) is 13.6.